The standard InChI is InChI=1S/C17H17BrN2OS/c1-12-19-15(11-22-12)6-7-16(21)20-17(8-3-9-17)13-4-2-5-14(18)10-13/h2,4-7,10-11H,3,8-9H2,1H3,(H,20,21)/b7-6+. The van der Waals surface area contributed by atoms with Crippen molar-refractivity contribution in [1.82, 2.24) is 10.3 Å². The Labute approximate surface area is 142 Å². The van der Waals surface area contributed by atoms with E-state index >= 15 is 0 Å². The van der Waals surface area contributed by atoms with Crippen molar-refractivity contribution in [2.45, 2.75) is 31.7 Å². The van der Waals surface area contributed by atoms with Crippen LogP contribution in [-0.4, -0.2) is 10.9 Å². The van der Waals surface area contributed by atoms with E-state index in [0.29, 0.717) is 0 Å². The summed E-state index contributed by atoms with van der Waals surface area (Å²) in [6, 6.07) is 8.19. The highest BCUT2D eigenvalue weighted by Crippen LogP contribution is 2.41. The summed E-state index contributed by atoms with van der Waals surface area (Å²) >= 11 is 5.09. The quantitative estimate of drug-likeness (QED) is 0.802. The van der Waals surface area contributed by atoms with Crippen molar-refractivity contribution < 1.29 is 4.79 Å². The summed E-state index contributed by atoms with van der Waals surface area (Å²) in [7, 11) is 0. The topological polar surface area (TPSA) is 42.0 Å². The minimum Gasteiger partial charge on any atom is -0.343 e. The maximum Gasteiger partial charge on any atom is 0.244 e. The van der Waals surface area contributed by atoms with E-state index in [9.17, 15) is 4.79 Å². The molecule has 0 aliphatic heterocycles. The van der Waals surface area contributed by atoms with Gasteiger partial charge in [-0.25, -0.2) is 4.98 Å². The highest BCUT2D eigenvalue weighted by Gasteiger charge is 2.39. The molecule has 1 fully saturated rings. The second-order valence-electron chi connectivity index (χ2n) is 5.56. The second kappa shape index (κ2) is 6.34. The van der Waals surface area contributed by atoms with Crippen LogP contribution in [-0.2, 0) is 10.3 Å². The molecule has 22 heavy (non-hydrogen) atoms. The van der Waals surface area contributed by atoms with E-state index < -0.39 is 0 Å². The molecule has 1 aromatic heterocycles. The van der Waals surface area contributed by atoms with Crippen molar-refractivity contribution in [1.29, 1.82) is 0 Å². The SMILES string of the molecule is Cc1nc(/C=C/C(=O)NC2(c3cccc(Br)c3)CCC2)cs1. The molecule has 1 aliphatic carbocycles. The van der Waals surface area contributed by atoms with Crippen molar-refractivity contribution in [2.24, 2.45) is 0 Å². The molecule has 1 heterocycles. The van der Waals surface area contributed by atoms with Gasteiger partial charge in [-0.05, 0) is 50.0 Å². The first-order chi connectivity index (χ1) is 10.6. The van der Waals surface area contributed by atoms with Crippen LogP contribution in [0, 0.1) is 6.92 Å². The molecule has 1 saturated carbocycles. The Kier molecular flexibility index (Phi) is 4.45. The number of hydrogen-bond donors (Lipinski definition) is 1. The van der Waals surface area contributed by atoms with Gasteiger partial charge in [0.25, 0.3) is 0 Å². The third-order valence-corrected chi connectivity index (χ3v) is 5.27. The van der Waals surface area contributed by atoms with Crippen molar-refractivity contribution in [2.75, 3.05) is 0 Å². The lowest BCUT2D eigenvalue weighted by atomic mass is 9.72. The van der Waals surface area contributed by atoms with Gasteiger partial charge < -0.3 is 5.32 Å². The number of thiazole rings is 1. The van der Waals surface area contributed by atoms with Crippen LogP contribution in [0.4, 0.5) is 0 Å². The molecule has 2 aromatic rings. The number of carbonyl (C=O) groups is 1. The van der Waals surface area contributed by atoms with Crippen LogP contribution in [0.1, 0.15) is 35.5 Å². The minimum atomic E-state index is -0.219. The number of benzene rings is 1. The molecule has 1 N–H and O–H groups in total. The Morgan fingerprint density at radius 3 is 2.86 bits per heavy atom. The van der Waals surface area contributed by atoms with Gasteiger partial charge in [0, 0.05) is 15.9 Å². The molecule has 114 valence electrons. The molecule has 3 rings (SSSR count). The van der Waals surface area contributed by atoms with Crippen molar-refractivity contribution in [3.63, 3.8) is 0 Å². The van der Waals surface area contributed by atoms with E-state index in [0.717, 1.165) is 34.4 Å². The van der Waals surface area contributed by atoms with E-state index in [4.69, 9.17) is 0 Å². The molecule has 1 aromatic carbocycles. The molecule has 0 saturated heterocycles. The van der Waals surface area contributed by atoms with Crippen LogP contribution in [0.5, 0.6) is 0 Å². The molecular formula is C17H17BrN2OS. The number of aryl methyl sites for hydroxylation is 1. The molecule has 0 atom stereocenters. The first-order valence-corrected chi connectivity index (χ1v) is 8.93. The van der Waals surface area contributed by atoms with Gasteiger partial charge in [-0.15, -0.1) is 11.3 Å². The van der Waals surface area contributed by atoms with E-state index in [-0.39, 0.29) is 11.4 Å². The van der Waals surface area contributed by atoms with E-state index in [1.165, 1.54) is 5.56 Å². The Hall–Kier alpha value is -1.46. The first kappa shape index (κ1) is 15.4. The van der Waals surface area contributed by atoms with Crippen molar-refractivity contribution in [3.8, 4) is 0 Å². The monoisotopic (exact) mass is 376 g/mol. The molecular weight excluding hydrogens is 360 g/mol. The first-order valence-electron chi connectivity index (χ1n) is 7.26. The Balaban J connectivity index is 1.72. The fourth-order valence-electron chi connectivity index (χ4n) is 2.70. The summed E-state index contributed by atoms with van der Waals surface area (Å²) in [5.74, 6) is -0.0645. The van der Waals surface area contributed by atoms with Gasteiger partial charge in [0.05, 0.1) is 16.2 Å². The molecule has 3 nitrogen and oxygen atoms in total. The van der Waals surface area contributed by atoms with Crippen LogP contribution in [0.2, 0.25) is 0 Å². The fraction of sp³-hybridized carbons (Fsp3) is 0.294. The lowest BCUT2D eigenvalue weighted by Crippen LogP contribution is -2.50. The average molecular weight is 377 g/mol. The smallest absolute Gasteiger partial charge is 0.244 e. The molecule has 5 heteroatoms. The zero-order valence-electron chi connectivity index (χ0n) is 12.3. The number of nitrogens with zero attached hydrogens (tertiary/aromatic N) is 1. The van der Waals surface area contributed by atoms with Gasteiger partial charge in [-0.2, -0.15) is 0 Å². The van der Waals surface area contributed by atoms with Crippen LogP contribution in [0.3, 0.4) is 0 Å². The second-order valence-corrected chi connectivity index (χ2v) is 7.54. The summed E-state index contributed by atoms with van der Waals surface area (Å²) < 4.78 is 1.04. The number of aromatic nitrogens is 1. The number of nitrogens with one attached hydrogen (secondary N) is 1. The molecule has 1 amide bonds. The van der Waals surface area contributed by atoms with Gasteiger partial charge in [0.15, 0.2) is 0 Å². The predicted molar refractivity (Wildman–Crippen MR) is 93.7 cm³/mol. The zero-order valence-corrected chi connectivity index (χ0v) is 14.7. The van der Waals surface area contributed by atoms with E-state index in [2.05, 4.69) is 38.4 Å². The number of halogens is 1. The van der Waals surface area contributed by atoms with Crippen LogP contribution >= 0.6 is 27.3 Å². The highest BCUT2D eigenvalue weighted by molar-refractivity contribution is 9.10. The van der Waals surface area contributed by atoms with Gasteiger partial charge in [-0.1, -0.05) is 28.1 Å². The summed E-state index contributed by atoms with van der Waals surface area (Å²) in [4.78, 5) is 16.6. The van der Waals surface area contributed by atoms with Crippen LogP contribution in [0.15, 0.2) is 40.2 Å². The predicted octanol–water partition coefficient (Wildman–Crippen LogP) is 4.42. The molecule has 0 spiro atoms. The van der Waals surface area contributed by atoms with Gasteiger partial charge in [-0.3, -0.25) is 4.79 Å². The summed E-state index contributed by atoms with van der Waals surface area (Å²) in [6.07, 6.45) is 6.46. The van der Waals surface area contributed by atoms with E-state index in [1.807, 2.05) is 24.4 Å². The lowest BCUT2D eigenvalue weighted by molar-refractivity contribution is -0.119. The zero-order chi connectivity index (χ0) is 15.6. The number of hydrogen-bond acceptors (Lipinski definition) is 3. The summed E-state index contributed by atoms with van der Waals surface area (Å²) in [5, 5.41) is 6.13. The number of amides is 1. The largest absolute Gasteiger partial charge is 0.343 e. The van der Waals surface area contributed by atoms with Crippen LogP contribution < -0.4 is 5.32 Å². The Morgan fingerprint density at radius 1 is 1.45 bits per heavy atom. The Bertz CT molecular complexity index is 719. The fourth-order valence-corrected chi connectivity index (χ4v) is 3.68. The van der Waals surface area contributed by atoms with Gasteiger partial charge >= 0.3 is 0 Å². The third-order valence-electron chi connectivity index (χ3n) is 3.99. The minimum absolute atomic E-state index is 0.0645. The highest BCUT2D eigenvalue weighted by atomic mass is 79.9. The van der Waals surface area contributed by atoms with Crippen molar-refractivity contribution in [3.05, 3.63) is 56.5 Å². The van der Waals surface area contributed by atoms with Gasteiger partial charge in [0.2, 0.25) is 5.91 Å². The number of rotatable bonds is 4. The van der Waals surface area contributed by atoms with Crippen molar-refractivity contribution >= 4 is 39.2 Å². The van der Waals surface area contributed by atoms with E-state index in [1.54, 1.807) is 23.5 Å². The maximum absolute atomic E-state index is 12.3. The summed E-state index contributed by atoms with van der Waals surface area (Å²) in [5.41, 5.74) is 1.78. The van der Waals surface area contributed by atoms with Crippen LogP contribution in [0.25, 0.3) is 6.08 Å². The molecule has 0 bridgehead atoms. The Morgan fingerprint density at radius 2 is 2.27 bits per heavy atom. The molecule has 0 radical (unpaired) electrons. The normalized spacial score (nSPS) is 16.5. The average Bonchev–Trinajstić information content (AvgIpc) is 2.86. The number of carbonyl (C=O) groups excluding carboxylic acids is 1. The third kappa shape index (κ3) is 3.31. The molecule has 0 unspecified atom stereocenters. The maximum atomic E-state index is 12.3. The lowest BCUT2D eigenvalue weighted by Gasteiger charge is -2.43. The van der Waals surface area contributed by atoms with Gasteiger partial charge in [0.1, 0.15) is 0 Å². The summed E-state index contributed by atoms with van der Waals surface area (Å²) in [6.45, 7) is 1.96. The molecule has 1 aliphatic rings.